The zero-order chi connectivity index (χ0) is 31.3. The van der Waals surface area contributed by atoms with Crippen LogP contribution in [-0.4, -0.2) is 57.9 Å². The van der Waals surface area contributed by atoms with Gasteiger partial charge in [0.05, 0.1) is 30.0 Å². The third-order valence-electron chi connectivity index (χ3n) is 8.74. The number of ketones is 1. The van der Waals surface area contributed by atoms with E-state index in [1.54, 1.807) is 18.2 Å². The molecular formula is C35H38N4O6. The third kappa shape index (κ3) is 6.84. The summed E-state index contributed by atoms with van der Waals surface area (Å²) >= 11 is 0. The number of H-pyrrole nitrogens is 1. The van der Waals surface area contributed by atoms with Crippen molar-refractivity contribution >= 4 is 23.5 Å². The minimum Gasteiger partial charge on any atom is -0.494 e. The first-order valence-corrected chi connectivity index (χ1v) is 15.8. The van der Waals surface area contributed by atoms with Crippen LogP contribution in [-0.2, 0) is 22.4 Å². The molecule has 0 bridgehead atoms. The molecule has 6 rings (SSSR count). The molecule has 45 heavy (non-hydrogen) atoms. The number of piperidine rings is 1. The second-order valence-corrected chi connectivity index (χ2v) is 12.0. The van der Waals surface area contributed by atoms with Crippen LogP contribution in [0.2, 0.25) is 0 Å². The lowest BCUT2D eigenvalue weighted by atomic mass is 9.83. The van der Waals surface area contributed by atoms with Gasteiger partial charge in [0.25, 0.3) is 11.8 Å². The number of aromatic amines is 1. The third-order valence-corrected chi connectivity index (χ3v) is 8.74. The maximum Gasteiger partial charge on any atom is 0.266 e. The van der Waals surface area contributed by atoms with Crippen LogP contribution in [0.25, 0.3) is 0 Å². The Morgan fingerprint density at radius 2 is 1.71 bits per heavy atom. The van der Waals surface area contributed by atoms with E-state index in [0.717, 1.165) is 46.9 Å². The van der Waals surface area contributed by atoms with Crippen molar-refractivity contribution in [3.8, 4) is 11.5 Å². The highest BCUT2D eigenvalue weighted by atomic mass is 16.5. The normalized spacial score (nSPS) is 18.0. The number of ether oxygens (including phenoxy) is 2. The molecule has 3 amide bonds. The summed E-state index contributed by atoms with van der Waals surface area (Å²) in [6, 6.07) is 13.8. The molecule has 2 aromatic carbocycles. The number of nitrogens with zero attached hydrogens (tertiary/aromatic N) is 2. The van der Waals surface area contributed by atoms with Crippen molar-refractivity contribution in [1.29, 1.82) is 0 Å². The molecule has 234 valence electrons. The molecule has 0 radical (unpaired) electrons. The largest absolute Gasteiger partial charge is 0.494 e. The van der Waals surface area contributed by atoms with Crippen molar-refractivity contribution in [3.63, 3.8) is 0 Å². The van der Waals surface area contributed by atoms with Gasteiger partial charge in [0, 0.05) is 30.2 Å². The number of hydrogen-bond donors (Lipinski definition) is 2. The predicted molar refractivity (Wildman–Crippen MR) is 166 cm³/mol. The zero-order valence-corrected chi connectivity index (χ0v) is 25.3. The van der Waals surface area contributed by atoms with Crippen molar-refractivity contribution < 1.29 is 28.7 Å². The molecule has 2 fully saturated rings. The van der Waals surface area contributed by atoms with E-state index in [-0.39, 0.29) is 16.9 Å². The monoisotopic (exact) mass is 610 g/mol. The number of rotatable bonds is 14. The van der Waals surface area contributed by atoms with Crippen molar-refractivity contribution in [3.05, 3.63) is 88.9 Å². The smallest absolute Gasteiger partial charge is 0.266 e. The maximum atomic E-state index is 13.2. The van der Waals surface area contributed by atoms with E-state index in [4.69, 9.17) is 9.47 Å². The number of nitrogens with one attached hydrogen (secondary N) is 2. The summed E-state index contributed by atoms with van der Waals surface area (Å²) in [6.45, 7) is 4.68. The van der Waals surface area contributed by atoms with E-state index in [0.29, 0.717) is 56.3 Å². The summed E-state index contributed by atoms with van der Waals surface area (Å²) in [6.07, 6.45) is 7.63. The number of amides is 3. The van der Waals surface area contributed by atoms with Gasteiger partial charge in [-0.1, -0.05) is 31.2 Å². The van der Waals surface area contributed by atoms with Gasteiger partial charge in [0.1, 0.15) is 23.3 Å². The molecule has 2 N–H and O–H groups in total. The van der Waals surface area contributed by atoms with Gasteiger partial charge in [-0.05, 0) is 80.8 Å². The van der Waals surface area contributed by atoms with Crippen LogP contribution in [0.1, 0.15) is 95.0 Å². The van der Waals surface area contributed by atoms with Gasteiger partial charge in [0.2, 0.25) is 5.91 Å². The van der Waals surface area contributed by atoms with Gasteiger partial charge in [-0.15, -0.1) is 0 Å². The Hall–Kier alpha value is -4.73. The number of unbranched alkanes of at least 4 members (excludes halogenated alkanes) is 2. The van der Waals surface area contributed by atoms with Crippen molar-refractivity contribution in [2.24, 2.45) is 0 Å². The number of carbonyl (C=O) groups excluding carboxylic acids is 4. The fraction of sp³-hybridized carbons (Fsp3) is 0.400. The molecule has 0 spiro atoms. The van der Waals surface area contributed by atoms with E-state index in [9.17, 15) is 19.2 Å². The molecule has 3 heterocycles. The average Bonchev–Trinajstić information content (AvgIpc) is 3.54. The highest BCUT2D eigenvalue weighted by Crippen LogP contribution is 2.36. The number of aromatic nitrogens is 2. The van der Waals surface area contributed by atoms with Gasteiger partial charge in [-0.2, -0.15) is 5.10 Å². The molecule has 3 aliphatic rings. The molecule has 1 unspecified atom stereocenters. The topological polar surface area (TPSA) is 131 Å². The minimum absolute atomic E-state index is 0.145. The molecule has 2 aliphatic heterocycles. The molecule has 1 aromatic heterocycles. The van der Waals surface area contributed by atoms with Crippen LogP contribution in [0.15, 0.2) is 60.8 Å². The van der Waals surface area contributed by atoms with Crippen LogP contribution >= 0.6 is 0 Å². The highest BCUT2D eigenvalue weighted by molar-refractivity contribution is 6.24. The minimum atomic E-state index is -0.855. The first-order valence-electron chi connectivity index (χ1n) is 15.8. The number of imide groups is 1. The Morgan fingerprint density at radius 1 is 0.933 bits per heavy atom. The SMILES string of the molecule is C=C1CCC(N2C(=O)c3cccc(OCCCCCOc4ccc(CC(=O)Cc5cc(C6CCC6)n[nH]5)cc4)c3C2=O)C(=O)N1. The van der Waals surface area contributed by atoms with Crippen molar-refractivity contribution in [1.82, 2.24) is 20.4 Å². The van der Waals surface area contributed by atoms with E-state index >= 15 is 0 Å². The van der Waals surface area contributed by atoms with Crippen LogP contribution < -0.4 is 14.8 Å². The van der Waals surface area contributed by atoms with E-state index in [1.165, 1.54) is 19.3 Å². The summed E-state index contributed by atoms with van der Waals surface area (Å²) in [7, 11) is 0. The van der Waals surface area contributed by atoms with E-state index in [2.05, 4.69) is 22.1 Å². The van der Waals surface area contributed by atoms with Crippen LogP contribution in [0.5, 0.6) is 11.5 Å². The fourth-order valence-corrected chi connectivity index (χ4v) is 6.03. The number of Topliss-reactive ketones (excluding diaryl/α,β-unsaturated/α-hetero) is 1. The number of allylic oxidation sites excluding steroid dienone is 1. The lowest BCUT2D eigenvalue weighted by molar-refractivity contribution is -0.125. The van der Waals surface area contributed by atoms with Crippen LogP contribution in [0, 0.1) is 0 Å². The first-order chi connectivity index (χ1) is 21.9. The van der Waals surface area contributed by atoms with Gasteiger partial charge in [-0.25, -0.2) is 0 Å². The second kappa shape index (κ2) is 13.5. The summed E-state index contributed by atoms with van der Waals surface area (Å²) in [5.41, 5.74) is 3.97. The van der Waals surface area contributed by atoms with Gasteiger partial charge < -0.3 is 14.8 Å². The predicted octanol–water partition coefficient (Wildman–Crippen LogP) is 5.05. The van der Waals surface area contributed by atoms with Crippen LogP contribution in [0.3, 0.4) is 0 Å². The molecule has 1 atom stereocenters. The second-order valence-electron chi connectivity index (χ2n) is 12.0. The standard InChI is InChI=1S/C35H38N4O6/c1-22-11-16-30(33(41)36-22)39-34(42)28-9-6-10-31(32(28)35(39)43)45-18-4-2-3-17-44-27-14-12-23(13-15-27)19-26(40)20-25-21-29(38-37-25)24-7-5-8-24/h6,9-10,12-15,21,24,30H,1-5,7-8,11,16-20H2,(H,36,41)(H,37,38). The molecule has 3 aromatic rings. The Bertz CT molecular complexity index is 1610. The molecule has 1 aliphatic carbocycles. The van der Waals surface area contributed by atoms with Crippen molar-refractivity contribution in [2.75, 3.05) is 13.2 Å². The van der Waals surface area contributed by atoms with Gasteiger partial charge in [-0.3, -0.25) is 29.2 Å². The molecule has 10 heteroatoms. The number of fused-ring (bicyclic) bond motifs is 1. The Kier molecular flexibility index (Phi) is 9.09. The van der Waals surface area contributed by atoms with E-state index in [1.807, 2.05) is 30.3 Å². The van der Waals surface area contributed by atoms with Crippen LogP contribution in [0.4, 0.5) is 0 Å². The van der Waals surface area contributed by atoms with Gasteiger partial charge in [0.15, 0.2) is 0 Å². The molecule has 10 nitrogen and oxygen atoms in total. The number of carbonyl (C=O) groups is 4. The fourth-order valence-electron chi connectivity index (χ4n) is 6.03. The number of benzene rings is 2. The average molecular weight is 611 g/mol. The lowest BCUT2D eigenvalue weighted by Crippen LogP contribution is -2.51. The summed E-state index contributed by atoms with van der Waals surface area (Å²) in [5.74, 6) is 0.432. The zero-order valence-electron chi connectivity index (χ0n) is 25.3. The Labute approximate surface area is 262 Å². The molecule has 1 saturated carbocycles. The quantitative estimate of drug-likeness (QED) is 0.193. The van der Waals surface area contributed by atoms with E-state index < -0.39 is 23.8 Å². The summed E-state index contributed by atoms with van der Waals surface area (Å²) < 4.78 is 11.8. The lowest BCUT2D eigenvalue weighted by Gasteiger charge is -2.29. The summed E-state index contributed by atoms with van der Waals surface area (Å²) in [5, 5.41) is 10.0. The summed E-state index contributed by atoms with van der Waals surface area (Å²) in [4.78, 5) is 52.3. The van der Waals surface area contributed by atoms with Crippen molar-refractivity contribution in [2.45, 2.75) is 76.2 Å². The molecular weight excluding hydrogens is 572 g/mol. The Balaban J connectivity index is 0.898. The molecule has 1 saturated heterocycles. The first kappa shape index (κ1) is 30.3. The van der Waals surface area contributed by atoms with Gasteiger partial charge >= 0.3 is 0 Å². The Morgan fingerprint density at radius 3 is 2.44 bits per heavy atom. The highest BCUT2D eigenvalue weighted by Gasteiger charge is 2.45. The maximum absolute atomic E-state index is 13.2. The number of hydrogen-bond acceptors (Lipinski definition) is 7.